The number of pyridine rings is 1. The van der Waals surface area contributed by atoms with Gasteiger partial charge >= 0.3 is 0 Å². The Morgan fingerprint density at radius 1 is 1.29 bits per heavy atom. The molecule has 2 N–H and O–H groups in total. The van der Waals surface area contributed by atoms with Gasteiger partial charge in [0.05, 0.1) is 0 Å². The first-order valence-electron chi connectivity index (χ1n) is 5.30. The molecule has 0 aliphatic rings. The molecule has 17 heavy (non-hydrogen) atoms. The highest BCUT2D eigenvalue weighted by Gasteiger charge is 2.03. The first-order chi connectivity index (χ1) is 8.15. The molecule has 0 fully saturated rings. The molecule has 0 bridgehead atoms. The standard InChI is InChI=1S/C13H13IN2O/c1-9(15)10-5-6-16-13(7-10)17-12-4-2-3-11(14)8-12/h2-9H,15H2,1H3. The molecule has 0 aliphatic carbocycles. The van der Waals surface area contributed by atoms with Gasteiger partial charge in [0.25, 0.3) is 0 Å². The first-order valence-corrected chi connectivity index (χ1v) is 6.38. The van der Waals surface area contributed by atoms with Crippen molar-refractivity contribution in [3.63, 3.8) is 0 Å². The summed E-state index contributed by atoms with van der Waals surface area (Å²) in [4.78, 5) is 4.17. The highest BCUT2D eigenvalue weighted by atomic mass is 127. The maximum atomic E-state index is 5.82. The van der Waals surface area contributed by atoms with Gasteiger partial charge in [0, 0.05) is 21.9 Å². The van der Waals surface area contributed by atoms with Crippen molar-refractivity contribution in [3.8, 4) is 11.6 Å². The number of nitrogens with two attached hydrogens (primary N) is 1. The van der Waals surface area contributed by atoms with E-state index in [2.05, 4.69) is 27.6 Å². The van der Waals surface area contributed by atoms with Crippen molar-refractivity contribution in [2.75, 3.05) is 0 Å². The van der Waals surface area contributed by atoms with E-state index in [1.807, 2.05) is 43.3 Å². The molecule has 1 unspecified atom stereocenters. The molecule has 1 aromatic carbocycles. The summed E-state index contributed by atoms with van der Waals surface area (Å²) < 4.78 is 6.81. The minimum absolute atomic E-state index is 0.0174. The lowest BCUT2D eigenvalue weighted by Gasteiger charge is -2.08. The van der Waals surface area contributed by atoms with E-state index in [1.165, 1.54) is 0 Å². The van der Waals surface area contributed by atoms with Crippen LogP contribution in [0.5, 0.6) is 11.6 Å². The molecule has 88 valence electrons. The SMILES string of the molecule is CC(N)c1ccnc(Oc2cccc(I)c2)c1. The highest BCUT2D eigenvalue weighted by Crippen LogP contribution is 2.23. The minimum atomic E-state index is -0.0174. The van der Waals surface area contributed by atoms with Gasteiger partial charge in [-0.25, -0.2) is 4.98 Å². The molecule has 2 rings (SSSR count). The summed E-state index contributed by atoms with van der Waals surface area (Å²) in [5, 5.41) is 0. The molecule has 3 nitrogen and oxygen atoms in total. The van der Waals surface area contributed by atoms with Crippen molar-refractivity contribution in [2.24, 2.45) is 5.73 Å². The maximum Gasteiger partial charge on any atom is 0.219 e. The van der Waals surface area contributed by atoms with E-state index < -0.39 is 0 Å². The van der Waals surface area contributed by atoms with Gasteiger partial charge in [-0.05, 0) is 59.3 Å². The fourth-order valence-electron chi connectivity index (χ4n) is 1.42. The van der Waals surface area contributed by atoms with Gasteiger partial charge < -0.3 is 10.5 Å². The van der Waals surface area contributed by atoms with Crippen LogP contribution in [0.4, 0.5) is 0 Å². The van der Waals surface area contributed by atoms with Gasteiger partial charge in [0.15, 0.2) is 0 Å². The number of rotatable bonds is 3. The Balaban J connectivity index is 2.21. The normalized spacial score (nSPS) is 12.2. The van der Waals surface area contributed by atoms with Gasteiger partial charge in [-0.15, -0.1) is 0 Å². The largest absolute Gasteiger partial charge is 0.439 e. The van der Waals surface area contributed by atoms with E-state index in [4.69, 9.17) is 10.5 Å². The molecule has 1 atom stereocenters. The number of nitrogens with zero attached hydrogens (tertiary/aromatic N) is 1. The average Bonchev–Trinajstić information content (AvgIpc) is 2.29. The summed E-state index contributed by atoms with van der Waals surface area (Å²) in [6.45, 7) is 1.94. The Hall–Kier alpha value is -1.14. The molecule has 0 saturated carbocycles. The highest BCUT2D eigenvalue weighted by molar-refractivity contribution is 14.1. The molecule has 2 aromatic rings. The molecular formula is C13H13IN2O. The third-order valence-corrected chi connectivity index (χ3v) is 2.97. The van der Waals surface area contributed by atoms with Crippen LogP contribution in [-0.2, 0) is 0 Å². The van der Waals surface area contributed by atoms with Crippen molar-refractivity contribution in [1.29, 1.82) is 0 Å². The van der Waals surface area contributed by atoms with Gasteiger partial charge in [-0.1, -0.05) is 6.07 Å². The van der Waals surface area contributed by atoms with Crippen LogP contribution in [-0.4, -0.2) is 4.98 Å². The Morgan fingerprint density at radius 2 is 2.12 bits per heavy atom. The van der Waals surface area contributed by atoms with Crippen molar-refractivity contribution in [1.82, 2.24) is 4.98 Å². The van der Waals surface area contributed by atoms with Crippen LogP contribution in [0.25, 0.3) is 0 Å². The Bertz CT molecular complexity index is 514. The van der Waals surface area contributed by atoms with Crippen LogP contribution in [0.15, 0.2) is 42.6 Å². The lowest BCUT2D eigenvalue weighted by Crippen LogP contribution is -2.05. The van der Waals surface area contributed by atoms with E-state index in [0.29, 0.717) is 5.88 Å². The minimum Gasteiger partial charge on any atom is -0.439 e. The van der Waals surface area contributed by atoms with Gasteiger partial charge in [0.1, 0.15) is 5.75 Å². The van der Waals surface area contributed by atoms with Gasteiger partial charge in [-0.3, -0.25) is 0 Å². The van der Waals surface area contributed by atoms with Crippen molar-refractivity contribution in [3.05, 3.63) is 51.7 Å². The third-order valence-electron chi connectivity index (χ3n) is 2.30. The summed E-state index contributed by atoms with van der Waals surface area (Å²) in [5.74, 6) is 1.35. The third kappa shape index (κ3) is 3.41. The molecular weight excluding hydrogens is 327 g/mol. The Morgan fingerprint density at radius 3 is 2.82 bits per heavy atom. The fraction of sp³-hybridized carbons (Fsp3) is 0.154. The lowest BCUT2D eigenvalue weighted by molar-refractivity contribution is 0.461. The number of hydrogen-bond donors (Lipinski definition) is 1. The number of hydrogen-bond acceptors (Lipinski definition) is 3. The second-order valence-electron chi connectivity index (χ2n) is 3.78. The van der Waals surface area contributed by atoms with Gasteiger partial charge in [-0.2, -0.15) is 0 Å². The maximum absolute atomic E-state index is 5.82. The zero-order chi connectivity index (χ0) is 12.3. The van der Waals surface area contributed by atoms with E-state index in [0.717, 1.165) is 14.9 Å². The summed E-state index contributed by atoms with van der Waals surface area (Å²) in [6, 6.07) is 11.6. The number of benzene rings is 1. The first kappa shape index (κ1) is 12.3. The van der Waals surface area contributed by atoms with Crippen LogP contribution in [0.3, 0.4) is 0 Å². The van der Waals surface area contributed by atoms with Crippen molar-refractivity contribution >= 4 is 22.6 Å². The van der Waals surface area contributed by atoms with Crippen LogP contribution >= 0.6 is 22.6 Å². The lowest BCUT2D eigenvalue weighted by atomic mass is 10.1. The zero-order valence-corrected chi connectivity index (χ0v) is 11.6. The smallest absolute Gasteiger partial charge is 0.219 e. The van der Waals surface area contributed by atoms with Crippen LogP contribution < -0.4 is 10.5 Å². The fourth-order valence-corrected chi connectivity index (χ4v) is 1.93. The summed E-state index contributed by atoms with van der Waals surface area (Å²) in [6.07, 6.45) is 1.71. The molecule has 0 aliphatic heterocycles. The quantitative estimate of drug-likeness (QED) is 0.870. The number of ether oxygens (including phenoxy) is 1. The van der Waals surface area contributed by atoms with Crippen molar-refractivity contribution in [2.45, 2.75) is 13.0 Å². The molecule has 0 radical (unpaired) electrons. The Labute approximate surface area is 114 Å². The predicted molar refractivity (Wildman–Crippen MR) is 76.1 cm³/mol. The summed E-state index contributed by atoms with van der Waals surface area (Å²) in [5.41, 5.74) is 6.83. The molecule has 0 saturated heterocycles. The van der Waals surface area contributed by atoms with E-state index in [1.54, 1.807) is 6.20 Å². The monoisotopic (exact) mass is 340 g/mol. The molecule has 1 aromatic heterocycles. The van der Waals surface area contributed by atoms with Crippen LogP contribution in [0.1, 0.15) is 18.5 Å². The molecule has 4 heteroatoms. The molecule has 0 spiro atoms. The second kappa shape index (κ2) is 5.46. The van der Waals surface area contributed by atoms with Gasteiger partial charge in [0.2, 0.25) is 5.88 Å². The number of halogens is 1. The van der Waals surface area contributed by atoms with Crippen molar-refractivity contribution < 1.29 is 4.74 Å². The second-order valence-corrected chi connectivity index (χ2v) is 5.02. The molecule has 0 amide bonds. The van der Waals surface area contributed by atoms with E-state index in [9.17, 15) is 0 Å². The average molecular weight is 340 g/mol. The Kier molecular flexibility index (Phi) is 3.96. The molecule has 1 heterocycles. The zero-order valence-electron chi connectivity index (χ0n) is 9.43. The summed E-state index contributed by atoms with van der Waals surface area (Å²) >= 11 is 2.25. The van der Waals surface area contributed by atoms with E-state index >= 15 is 0 Å². The summed E-state index contributed by atoms with van der Waals surface area (Å²) in [7, 11) is 0. The van der Waals surface area contributed by atoms with E-state index in [-0.39, 0.29) is 6.04 Å². The topological polar surface area (TPSA) is 48.1 Å². The number of aromatic nitrogens is 1. The predicted octanol–water partition coefficient (Wildman–Crippen LogP) is 3.50. The van der Waals surface area contributed by atoms with Crippen LogP contribution in [0.2, 0.25) is 0 Å². The van der Waals surface area contributed by atoms with Crippen LogP contribution in [0, 0.1) is 3.57 Å².